The number of rotatable bonds is 5. The first-order valence-corrected chi connectivity index (χ1v) is 5.76. The van der Waals surface area contributed by atoms with Gasteiger partial charge in [0.2, 0.25) is 0 Å². The Morgan fingerprint density at radius 2 is 2.00 bits per heavy atom. The van der Waals surface area contributed by atoms with E-state index in [1.54, 1.807) is 0 Å². The zero-order chi connectivity index (χ0) is 16.2. The highest BCUT2D eigenvalue weighted by molar-refractivity contribution is 6.38. The zero-order valence-corrected chi connectivity index (χ0v) is 10.8. The largest absolute Gasteiger partial charge is 0.460 e. The van der Waals surface area contributed by atoms with Crippen LogP contribution in [0.5, 0.6) is 0 Å². The summed E-state index contributed by atoms with van der Waals surface area (Å²) in [5, 5.41) is 12.5. The minimum Gasteiger partial charge on any atom is -0.346 e. The standard InChI is InChI=1S/C12H11F3N2O4/c1-7(16-11(19)10(18)12(13,14)15)5-8-3-2-4-9(6-8)17(20)21/h2-4,6-7H,5H2,1H3,(H,16,19). The molecule has 0 aliphatic carbocycles. The molecule has 0 spiro atoms. The van der Waals surface area contributed by atoms with Crippen molar-refractivity contribution in [3.63, 3.8) is 0 Å². The van der Waals surface area contributed by atoms with Crippen LogP contribution < -0.4 is 5.32 Å². The van der Waals surface area contributed by atoms with Gasteiger partial charge in [0.05, 0.1) is 4.92 Å². The van der Waals surface area contributed by atoms with Crippen molar-refractivity contribution < 1.29 is 27.7 Å². The van der Waals surface area contributed by atoms with Crippen molar-refractivity contribution in [1.29, 1.82) is 0 Å². The Balaban J connectivity index is 2.68. The van der Waals surface area contributed by atoms with Crippen molar-refractivity contribution in [3.05, 3.63) is 39.9 Å². The van der Waals surface area contributed by atoms with Crippen LogP contribution in [0.25, 0.3) is 0 Å². The SMILES string of the molecule is CC(Cc1cccc([N+](=O)[O-])c1)NC(=O)C(=O)C(F)(F)F. The van der Waals surface area contributed by atoms with Gasteiger partial charge in [0.1, 0.15) is 0 Å². The van der Waals surface area contributed by atoms with E-state index >= 15 is 0 Å². The summed E-state index contributed by atoms with van der Waals surface area (Å²) in [5.41, 5.74) is 0.286. The molecule has 9 heteroatoms. The van der Waals surface area contributed by atoms with Crippen LogP contribution in [0.3, 0.4) is 0 Å². The molecule has 0 bridgehead atoms. The lowest BCUT2D eigenvalue weighted by Crippen LogP contribution is -2.44. The first kappa shape index (κ1) is 16.6. The summed E-state index contributed by atoms with van der Waals surface area (Å²) in [7, 11) is 0. The van der Waals surface area contributed by atoms with Crippen LogP contribution in [0.15, 0.2) is 24.3 Å². The van der Waals surface area contributed by atoms with Crippen molar-refractivity contribution in [3.8, 4) is 0 Å². The summed E-state index contributed by atoms with van der Waals surface area (Å²) < 4.78 is 36.1. The lowest BCUT2D eigenvalue weighted by atomic mass is 10.1. The lowest BCUT2D eigenvalue weighted by Gasteiger charge is -2.14. The highest BCUT2D eigenvalue weighted by Crippen LogP contribution is 2.17. The number of nitro benzene ring substituents is 1. The van der Waals surface area contributed by atoms with Crippen molar-refractivity contribution in [2.45, 2.75) is 25.6 Å². The highest BCUT2D eigenvalue weighted by atomic mass is 19.4. The number of hydrogen-bond donors (Lipinski definition) is 1. The molecule has 1 atom stereocenters. The van der Waals surface area contributed by atoms with Gasteiger partial charge < -0.3 is 5.32 Å². The predicted molar refractivity (Wildman–Crippen MR) is 65.5 cm³/mol. The normalized spacial score (nSPS) is 12.6. The Labute approximate surface area is 117 Å². The summed E-state index contributed by atoms with van der Waals surface area (Å²) >= 11 is 0. The van der Waals surface area contributed by atoms with Crippen molar-refractivity contribution in [2.24, 2.45) is 0 Å². The minimum atomic E-state index is -5.23. The van der Waals surface area contributed by atoms with Gasteiger partial charge >= 0.3 is 12.0 Å². The summed E-state index contributed by atoms with van der Waals surface area (Å²) in [6.07, 6.45) is -5.17. The molecule has 1 aromatic carbocycles. The van der Waals surface area contributed by atoms with Crippen LogP contribution in [0.1, 0.15) is 12.5 Å². The van der Waals surface area contributed by atoms with E-state index in [0.717, 1.165) is 0 Å². The summed E-state index contributed by atoms with van der Waals surface area (Å²) in [6.45, 7) is 1.39. The second-order valence-electron chi connectivity index (χ2n) is 4.33. The van der Waals surface area contributed by atoms with Gasteiger partial charge in [-0.25, -0.2) is 0 Å². The molecule has 1 unspecified atom stereocenters. The van der Waals surface area contributed by atoms with Crippen molar-refractivity contribution in [2.75, 3.05) is 0 Å². The van der Waals surface area contributed by atoms with Gasteiger partial charge in [0, 0.05) is 18.2 Å². The summed E-state index contributed by atoms with van der Waals surface area (Å²) in [5.74, 6) is -4.23. The number of hydrogen-bond acceptors (Lipinski definition) is 4. The number of amides is 1. The van der Waals surface area contributed by atoms with Crippen molar-refractivity contribution in [1.82, 2.24) is 5.32 Å². The molecule has 0 radical (unpaired) electrons. The lowest BCUT2D eigenvalue weighted by molar-refractivity contribution is -0.384. The molecule has 1 amide bonds. The van der Waals surface area contributed by atoms with Gasteiger partial charge in [-0.05, 0) is 18.9 Å². The average Bonchev–Trinajstić information content (AvgIpc) is 2.36. The topological polar surface area (TPSA) is 89.3 Å². The Morgan fingerprint density at radius 3 is 2.52 bits per heavy atom. The number of nitro groups is 1. The molecule has 0 saturated heterocycles. The van der Waals surface area contributed by atoms with E-state index in [4.69, 9.17) is 0 Å². The predicted octanol–water partition coefficient (Wildman–Crippen LogP) is 1.77. The molecule has 0 fully saturated rings. The number of alkyl halides is 3. The maximum absolute atomic E-state index is 12.0. The van der Waals surface area contributed by atoms with Crippen LogP contribution in [-0.4, -0.2) is 28.8 Å². The quantitative estimate of drug-likeness (QED) is 0.510. The molecule has 1 aromatic rings. The molecule has 0 aliphatic rings. The van der Waals surface area contributed by atoms with Gasteiger partial charge in [0.25, 0.3) is 11.6 Å². The smallest absolute Gasteiger partial charge is 0.346 e. The van der Waals surface area contributed by atoms with Crippen molar-refractivity contribution >= 4 is 17.4 Å². The molecule has 1 rings (SSSR count). The van der Waals surface area contributed by atoms with Crippen LogP contribution >= 0.6 is 0 Å². The third-order valence-corrected chi connectivity index (χ3v) is 2.50. The van der Waals surface area contributed by atoms with E-state index in [1.807, 2.05) is 5.32 Å². The molecule has 21 heavy (non-hydrogen) atoms. The third-order valence-electron chi connectivity index (χ3n) is 2.50. The van der Waals surface area contributed by atoms with Crippen LogP contribution in [0.4, 0.5) is 18.9 Å². The second-order valence-corrected chi connectivity index (χ2v) is 4.33. The molecule has 114 valence electrons. The van der Waals surface area contributed by atoms with E-state index in [-0.39, 0.29) is 12.1 Å². The Kier molecular flexibility index (Phi) is 5.01. The molecule has 0 aromatic heterocycles. The Bertz CT molecular complexity index is 572. The molecule has 6 nitrogen and oxygen atoms in total. The summed E-state index contributed by atoms with van der Waals surface area (Å²) in [4.78, 5) is 31.7. The van der Waals surface area contributed by atoms with E-state index in [1.165, 1.54) is 31.2 Å². The fourth-order valence-electron chi connectivity index (χ4n) is 1.62. The first-order valence-electron chi connectivity index (χ1n) is 5.76. The van der Waals surface area contributed by atoms with Gasteiger partial charge in [-0.2, -0.15) is 13.2 Å². The van der Waals surface area contributed by atoms with Gasteiger partial charge in [-0.1, -0.05) is 12.1 Å². The molecular weight excluding hydrogens is 293 g/mol. The van der Waals surface area contributed by atoms with E-state index < -0.39 is 28.8 Å². The number of benzene rings is 1. The second kappa shape index (κ2) is 6.33. The monoisotopic (exact) mass is 304 g/mol. The van der Waals surface area contributed by atoms with Gasteiger partial charge in [0.15, 0.2) is 0 Å². The number of nitrogens with one attached hydrogen (secondary N) is 1. The maximum atomic E-state index is 12.0. The van der Waals surface area contributed by atoms with Gasteiger partial charge in [-0.15, -0.1) is 0 Å². The Hall–Kier alpha value is -2.45. The number of Topliss-reactive ketones (excluding diaryl/α,β-unsaturated/α-hetero) is 1. The number of non-ortho nitro benzene ring substituents is 1. The van der Waals surface area contributed by atoms with Gasteiger partial charge in [-0.3, -0.25) is 19.7 Å². The molecule has 1 N–H and O–H groups in total. The molecule has 0 saturated carbocycles. The van der Waals surface area contributed by atoms with Crippen LogP contribution in [0.2, 0.25) is 0 Å². The molecule has 0 aliphatic heterocycles. The van der Waals surface area contributed by atoms with E-state index in [9.17, 15) is 32.9 Å². The maximum Gasteiger partial charge on any atom is 0.460 e. The number of carbonyl (C=O) groups is 2. The van der Waals surface area contributed by atoms with Crippen LogP contribution in [-0.2, 0) is 16.0 Å². The first-order chi connectivity index (χ1) is 9.61. The highest BCUT2D eigenvalue weighted by Gasteiger charge is 2.43. The number of nitrogens with zero attached hydrogens (tertiary/aromatic N) is 1. The average molecular weight is 304 g/mol. The third kappa shape index (κ3) is 4.86. The summed E-state index contributed by atoms with van der Waals surface area (Å²) in [6, 6.07) is 4.67. The van der Waals surface area contributed by atoms with E-state index in [0.29, 0.717) is 5.56 Å². The minimum absolute atomic E-state index is 0.0541. The Morgan fingerprint density at radius 1 is 1.38 bits per heavy atom. The van der Waals surface area contributed by atoms with E-state index in [2.05, 4.69) is 0 Å². The molecule has 0 heterocycles. The fraction of sp³-hybridized carbons (Fsp3) is 0.333. The number of ketones is 1. The molecular formula is C12H11F3N2O4. The number of halogens is 3. The van der Waals surface area contributed by atoms with Crippen LogP contribution in [0, 0.1) is 10.1 Å². The fourth-order valence-corrected chi connectivity index (χ4v) is 1.62. The number of carbonyl (C=O) groups excluding carboxylic acids is 2. The zero-order valence-electron chi connectivity index (χ0n) is 10.8.